The summed E-state index contributed by atoms with van der Waals surface area (Å²) in [7, 11) is 0. The van der Waals surface area contributed by atoms with Crippen LogP contribution >= 0.6 is 34.5 Å². The van der Waals surface area contributed by atoms with Gasteiger partial charge in [0.25, 0.3) is 5.91 Å². The predicted molar refractivity (Wildman–Crippen MR) is 90.1 cm³/mol. The van der Waals surface area contributed by atoms with Gasteiger partial charge >= 0.3 is 0 Å². The maximum atomic E-state index is 12.6. The van der Waals surface area contributed by atoms with Crippen LogP contribution < -0.4 is 5.73 Å². The van der Waals surface area contributed by atoms with Crippen molar-refractivity contribution < 1.29 is 4.79 Å². The van der Waals surface area contributed by atoms with Gasteiger partial charge in [-0.05, 0) is 24.3 Å². The Kier molecular flexibility index (Phi) is 5.28. The fraction of sp³-hybridized carbons (Fsp3) is 0.133. The van der Waals surface area contributed by atoms with E-state index in [9.17, 15) is 4.79 Å². The largest absolute Gasteiger partial charge is 0.397 e. The number of nitrogens with zero attached hydrogens (tertiary/aromatic N) is 1. The Balaban J connectivity index is 2.26. The van der Waals surface area contributed by atoms with E-state index >= 15 is 0 Å². The van der Waals surface area contributed by atoms with Crippen molar-refractivity contribution in [3.63, 3.8) is 0 Å². The highest BCUT2D eigenvalue weighted by Crippen LogP contribution is 2.26. The topological polar surface area (TPSA) is 46.3 Å². The van der Waals surface area contributed by atoms with E-state index in [-0.39, 0.29) is 5.91 Å². The molecule has 0 saturated carbocycles. The Morgan fingerprint density at radius 3 is 2.71 bits per heavy atom. The molecule has 0 radical (unpaired) electrons. The third-order valence-corrected chi connectivity index (χ3v) is 4.44. The average molecular weight is 341 g/mol. The molecule has 0 aliphatic carbocycles. The van der Waals surface area contributed by atoms with Crippen molar-refractivity contribution >= 4 is 46.1 Å². The number of nitrogen functional groups attached to an aromatic ring is 1. The van der Waals surface area contributed by atoms with Gasteiger partial charge < -0.3 is 10.6 Å². The second kappa shape index (κ2) is 6.98. The van der Waals surface area contributed by atoms with Gasteiger partial charge in [0.15, 0.2) is 0 Å². The Hall–Kier alpha value is -1.49. The standard InChI is InChI=1S/C15H14Cl2N2OS/c1-2-8-19(9-10-6-7-13(17)21-10)15(20)11-4-3-5-12(16)14(11)18/h2-7H,1,8-9,18H2. The summed E-state index contributed by atoms with van der Waals surface area (Å²) in [4.78, 5) is 15.3. The van der Waals surface area contributed by atoms with Crippen LogP contribution in [-0.4, -0.2) is 17.4 Å². The number of rotatable bonds is 5. The molecule has 0 bridgehead atoms. The van der Waals surface area contributed by atoms with Crippen LogP contribution in [0.4, 0.5) is 5.69 Å². The lowest BCUT2D eigenvalue weighted by atomic mass is 10.1. The van der Waals surface area contributed by atoms with E-state index in [1.54, 1.807) is 29.2 Å². The number of carbonyl (C=O) groups excluding carboxylic acids is 1. The molecular formula is C15H14Cl2N2OS. The minimum atomic E-state index is -0.181. The predicted octanol–water partition coefficient (Wildman–Crippen LogP) is 4.47. The van der Waals surface area contributed by atoms with Gasteiger partial charge in [-0.15, -0.1) is 17.9 Å². The molecule has 21 heavy (non-hydrogen) atoms. The number of para-hydroxylation sites is 1. The summed E-state index contributed by atoms with van der Waals surface area (Å²) in [5.41, 5.74) is 6.58. The number of anilines is 1. The van der Waals surface area contributed by atoms with E-state index < -0.39 is 0 Å². The molecule has 2 N–H and O–H groups in total. The highest BCUT2D eigenvalue weighted by Gasteiger charge is 2.19. The Bertz CT molecular complexity index is 669. The lowest BCUT2D eigenvalue weighted by Gasteiger charge is -2.21. The fourth-order valence-corrected chi connectivity index (χ4v) is 3.17. The summed E-state index contributed by atoms with van der Waals surface area (Å²) in [6, 6.07) is 8.75. The van der Waals surface area contributed by atoms with Crippen molar-refractivity contribution in [1.29, 1.82) is 0 Å². The molecule has 0 saturated heterocycles. The maximum absolute atomic E-state index is 12.6. The summed E-state index contributed by atoms with van der Waals surface area (Å²) in [6.07, 6.45) is 1.67. The van der Waals surface area contributed by atoms with E-state index in [4.69, 9.17) is 28.9 Å². The summed E-state index contributed by atoms with van der Waals surface area (Å²) in [6.45, 7) is 4.56. The van der Waals surface area contributed by atoms with E-state index in [0.717, 1.165) is 4.88 Å². The SMILES string of the molecule is C=CCN(Cc1ccc(Cl)s1)C(=O)c1cccc(Cl)c1N. The number of thiophene rings is 1. The number of halogens is 2. The van der Waals surface area contributed by atoms with Gasteiger partial charge in [0.05, 0.1) is 27.2 Å². The molecule has 1 aromatic heterocycles. The number of amides is 1. The summed E-state index contributed by atoms with van der Waals surface area (Å²) >= 11 is 13.3. The fourth-order valence-electron chi connectivity index (χ4n) is 1.89. The van der Waals surface area contributed by atoms with Crippen molar-refractivity contribution in [3.8, 4) is 0 Å². The van der Waals surface area contributed by atoms with Gasteiger partial charge in [-0.25, -0.2) is 0 Å². The van der Waals surface area contributed by atoms with E-state index in [1.807, 2.05) is 12.1 Å². The van der Waals surface area contributed by atoms with Crippen molar-refractivity contribution in [3.05, 3.63) is 62.8 Å². The second-order valence-electron chi connectivity index (χ2n) is 4.38. The lowest BCUT2D eigenvalue weighted by molar-refractivity contribution is 0.0765. The molecule has 0 unspecified atom stereocenters. The van der Waals surface area contributed by atoms with E-state index in [2.05, 4.69) is 6.58 Å². The van der Waals surface area contributed by atoms with Crippen LogP contribution in [0.25, 0.3) is 0 Å². The first kappa shape index (κ1) is 15.9. The number of hydrogen-bond donors (Lipinski definition) is 1. The smallest absolute Gasteiger partial charge is 0.256 e. The number of nitrogens with two attached hydrogens (primary N) is 1. The van der Waals surface area contributed by atoms with Crippen molar-refractivity contribution in [1.82, 2.24) is 4.90 Å². The van der Waals surface area contributed by atoms with E-state index in [1.165, 1.54) is 11.3 Å². The molecule has 1 heterocycles. The van der Waals surface area contributed by atoms with Gasteiger partial charge in [-0.3, -0.25) is 4.79 Å². The summed E-state index contributed by atoms with van der Waals surface area (Å²) in [5.74, 6) is -0.181. The third-order valence-electron chi connectivity index (χ3n) is 2.90. The Labute approximate surface area is 137 Å². The molecule has 3 nitrogen and oxygen atoms in total. The van der Waals surface area contributed by atoms with Crippen molar-refractivity contribution in [2.45, 2.75) is 6.54 Å². The highest BCUT2D eigenvalue weighted by molar-refractivity contribution is 7.16. The minimum Gasteiger partial charge on any atom is -0.397 e. The quantitative estimate of drug-likeness (QED) is 0.644. The van der Waals surface area contributed by atoms with Crippen LogP contribution in [0.2, 0.25) is 9.36 Å². The molecule has 1 aromatic carbocycles. The van der Waals surface area contributed by atoms with Crippen molar-refractivity contribution in [2.24, 2.45) is 0 Å². The van der Waals surface area contributed by atoms with E-state index in [0.29, 0.717) is 33.7 Å². The molecule has 0 aliphatic heterocycles. The number of hydrogen-bond acceptors (Lipinski definition) is 3. The van der Waals surface area contributed by atoms with Crippen LogP contribution in [0, 0.1) is 0 Å². The van der Waals surface area contributed by atoms with Crippen LogP contribution in [-0.2, 0) is 6.54 Å². The first-order chi connectivity index (χ1) is 10.0. The molecule has 2 aromatic rings. The molecule has 2 rings (SSSR count). The minimum absolute atomic E-state index is 0.181. The van der Waals surface area contributed by atoms with Gasteiger partial charge in [-0.1, -0.05) is 35.3 Å². The Morgan fingerprint density at radius 2 is 2.10 bits per heavy atom. The zero-order valence-corrected chi connectivity index (χ0v) is 13.5. The molecule has 0 aliphatic rings. The van der Waals surface area contributed by atoms with Crippen LogP contribution in [0.3, 0.4) is 0 Å². The monoisotopic (exact) mass is 340 g/mol. The number of benzene rings is 1. The average Bonchev–Trinajstić information content (AvgIpc) is 2.86. The molecule has 0 atom stereocenters. The van der Waals surface area contributed by atoms with Gasteiger partial charge in [0, 0.05) is 11.4 Å². The van der Waals surface area contributed by atoms with Gasteiger partial charge in [-0.2, -0.15) is 0 Å². The first-order valence-electron chi connectivity index (χ1n) is 6.21. The molecule has 110 valence electrons. The molecule has 0 fully saturated rings. The molecular weight excluding hydrogens is 327 g/mol. The molecule has 1 amide bonds. The normalized spacial score (nSPS) is 10.4. The maximum Gasteiger partial charge on any atom is 0.256 e. The lowest BCUT2D eigenvalue weighted by Crippen LogP contribution is -2.31. The van der Waals surface area contributed by atoms with Crippen LogP contribution in [0.5, 0.6) is 0 Å². The van der Waals surface area contributed by atoms with Crippen LogP contribution in [0.1, 0.15) is 15.2 Å². The van der Waals surface area contributed by atoms with Gasteiger partial charge in [0.2, 0.25) is 0 Å². The molecule has 6 heteroatoms. The summed E-state index contributed by atoms with van der Waals surface area (Å²) in [5, 5.41) is 0.374. The third kappa shape index (κ3) is 3.79. The van der Waals surface area contributed by atoms with Crippen LogP contribution in [0.15, 0.2) is 43.0 Å². The zero-order valence-electron chi connectivity index (χ0n) is 11.2. The highest BCUT2D eigenvalue weighted by atomic mass is 35.5. The zero-order chi connectivity index (χ0) is 15.4. The van der Waals surface area contributed by atoms with Gasteiger partial charge in [0.1, 0.15) is 0 Å². The number of carbonyl (C=O) groups is 1. The Morgan fingerprint density at radius 1 is 1.33 bits per heavy atom. The summed E-state index contributed by atoms with van der Waals surface area (Å²) < 4.78 is 0.693. The second-order valence-corrected chi connectivity index (χ2v) is 6.59. The first-order valence-corrected chi connectivity index (χ1v) is 7.78. The molecule has 0 spiro atoms. The van der Waals surface area contributed by atoms with Crippen molar-refractivity contribution in [2.75, 3.05) is 12.3 Å².